The average molecular weight is 356 g/mol. The van der Waals surface area contributed by atoms with Gasteiger partial charge in [-0.1, -0.05) is 50.2 Å². The van der Waals surface area contributed by atoms with E-state index in [9.17, 15) is 9.90 Å². The lowest BCUT2D eigenvalue weighted by atomic mass is 9.98. The monoisotopic (exact) mass is 356 g/mol. The molecule has 2 amide bonds. The molecule has 2 aromatic rings. The van der Waals surface area contributed by atoms with E-state index in [1.807, 2.05) is 69.3 Å². The van der Waals surface area contributed by atoms with Crippen molar-refractivity contribution in [3.05, 3.63) is 59.7 Å². The van der Waals surface area contributed by atoms with Crippen LogP contribution in [-0.2, 0) is 6.61 Å². The van der Waals surface area contributed by atoms with Crippen LogP contribution in [0.3, 0.4) is 0 Å². The van der Waals surface area contributed by atoms with Crippen molar-refractivity contribution in [3.63, 3.8) is 0 Å². The zero-order chi connectivity index (χ0) is 19.0. The molecule has 0 aliphatic heterocycles. The number of hydrogen-bond acceptors (Lipinski definition) is 3. The number of hydrogen-bond donors (Lipinski definition) is 3. The van der Waals surface area contributed by atoms with Crippen LogP contribution in [0.25, 0.3) is 0 Å². The number of aliphatic hydroxyl groups is 1. The second-order valence-corrected chi connectivity index (χ2v) is 6.51. The molecule has 0 saturated carbocycles. The lowest BCUT2D eigenvalue weighted by Gasteiger charge is -2.25. The second kappa shape index (κ2) is 9.25. The lowest BCUT2D eigenvalue weighted by Crippen LogP contribution is -2.43. The smallest absolute Gasteiger partial charge is 0.319 e. The van der Waals surface area contributed by atoms with E-state index in [-0.39, 0.29) is 12.6 Å². The normalized spacial score (nSPS) is 11.1. The van der Waals surface area contributed by atoms with E-state index < -0.39 is 5.60 Å². The molecule has 0 spiro atoms. The topological polar surface area (TPSA) is 70.6 Å². The van der Waals surface area contributed by atoms with E-state index in [1.165, 1.54) is 0 Å². The van der Waals surface area contributed by atoms with Crippen LogP contribution in [0.15, 0.2) is 48.5 Å². The van der Waals surface area contributed by atoms with Gasteiger partial charge in [0, 0.05) is 6.54 Å². The molecule has 0 aliphatic carbocycles. The molecule has 26 heavy (non-hydrogen) atoms. The number of urea groups is 1. The second-order valence-electron chi connectivity index (χ2n) is 6.51. The van der Waals surface area contributed by atoms with Gasteiger partial charge < -0.3 is 20.5 Å². The average Bonchev–Trinajstić information content (AvgIpc) is 2.67. The highest BCUT2D eigenvalue weighted by molar-refractivity contribution is 5.91. The largest absolute Gasteiger partial charge is 0.487 e. The molecular formula is C21H28N2O3. The zero-order valence-corrected chi connectivity index (χ0v) is 15.7. The van der Waals surface area contributed by atoms with E-state index in [1.54, 1.807) is 0 Å². The Morgan fingerprint density at radius 2 is 1.81 bits per heavy atom. The Morgan fingerprint density at radius 1 is 1.12 bits per heavy atom. The number of nitrogens with one attached hydrogen (secondary N) is 2. The minimum Gasteiger partial charge on any atom is -0.487 e. The minimum atomic E-state index is -0.878. The minimum absolute atomic E-state index is 0.206. The summed E-state index contributed by atoms with van der Waals surface area (Å²) in [4.78, 5) is 12.2. The molecule has 140 valence electrons. The Kier molecular flexibility index (Phi) is 7.04. The molecule has 0 unspecified atom stereocenters. The van der Waals surface area contributed by atoms with Crippen molar-refractivity contribution in [1.82, 2.24) is 5.32 Å². The third-order valence-electron chi connectivity index (χ3n) is 4.52. The first-order chi connectivity index (χ1) is 12.5. The Labute approximate surface area is 155 Å². The van der Waals surface area contributed by atoms with Crippen molar-refractivity contribution < 1.29 is 14.6 Å². The third kappa shape index (κ3) is 5.77. The molecule has 0 atom stereocenters. The summed E-state index contributed by atoms with van der Waals surface area (Å²) in [6.45, 7) is 6.41. The standard InChI is InChI=1S/C21H28N2O3/c1-4-21(25,5-2)15-22-20(24)23-18-12-11-16(3)13-19(18)26-14-17-9-7-6-8-10-17/h6-13,25H,4-5,14-15H2,1-3H3,(H2,22,23,24). The molecule has 0 aliphatic rings. The van der Waals surface area contributed by atoms with Gasteiger partial charge in [-0.3, -0.25) is 0 Å². The molecule has 0 radical (unpaired) electrons. The highest BCUT2D eigenvalue weighted by Crippen LogP contribution is 2.26. The molecule has 0 fully saturated rings. The van der Waals surface area contributed by atoms with Crippen molar-refractivity contribution in [2.24, 2.45) is 0 Å². The predicted octanol–water partition coefficient (Wildman–Crippen LogP) is 4.25. The Morgan fingerprint density at radius 3 is 2.46 bits per heavy atom. The van der Waals surface area contributed by atoms with Gasteiger partial charge in [0.25, 0.3) is 0 Å². The van der Waals surface area contributed by atoms with E-state index in [2.05, 4.69) is 10.6 Å². The summed E-state index contributed by atoms with van der Waals surface area (Å²) in [7, 11) is 0. The van der Waals surface area contributed by atoms with E-state index in [4.69, 9.17) is 4.74 Å². The molecule has 2 rings (SSSR count). The maximum atomic E-state index is 12.2. The van der Waals surface area contributed by atoms with Crippen molar-refractivity contribution in [3.8, 4) is 5.75 Å². The summed E-state index contributed by atoms with van der Waals surface area (Å²) in [5.41, 5.74) is 1.82. The van der Waals surface area contributed by atoms with E-state index >= 15 is 0 Å². The summed E-state index contributed by atoms with van der Waals surface area (Å²) in [5, 5.41) is 15.8. The highest BCUT2D eigenvalue weighted by Gasteiger charge is 2.22. The van der Waals surface area contributed by atoms with Crippen LogP contribution in [-0.4, -0.2) is 23.3 Å². The summed E-state index contributed by atoms with van der Waals surface area (Å²) in [6, 6.07) is 15.1. The Bertz CT molecular complexity index is 712. The van der Waals surface area contributed by atoms with Crippen LogP contribution >= 0.6 is 0 Å². The number of amides is 2. The number of ether oxygens (including phenoxy) is 1. The van der Waals surface area contributed by atoms with Crippen molar-refractivity contribution in [2.45, 2.75) is 45.8 Å². The molecule has 5 nitrogen and oxygen atoms in total. The molecule has 0 saturated heterocycles. The van der Waals surface area contributed by atoms with Crippen LogP contribution in [0.4, 0.5) is 10.5 Å². The van der Waals surface area contributed by atoms with Gasteiger partial charge in [0.15, 0.2) is 0 Å². The fourth-order valence-corrected chi connectivity index (χ4v) is 2.50. The van der Waals surface area contributed by atoms with Crippen LogP contribution in [0.5, 0.6) is 5.75 Å². The first-order valence-electron chi connectivity index (χ1n) is 9.00. The summed E-state index contributed by atoms with van der Waals surface area (Å²) < 4.78 is 5.90. The van der Waals surface area contributed by atoms with Crippen molar-refractivity contribution in [1.29, 1.82) is 0 Å². The maximum Gasteiger partial charge on any atom is 0.319 e. The Hall–Kier alpha value is -2.53. The molecule has 2 aromatic carbocycles. The van der Waals surface area contributed by atoms with Crippen LogP contribution in [0.1, 0.15) is 37.8 Å². The zero-order valence-electron chi connectivity index (χ0n) is 15.7. The number of rotatable bonds is 8. The fourth-order valence-electron chi connectivity index (χ4n) is 2.50. The van der Waals surface area contributed by atoms with Gasteiger partial charge in [-0.15, -0.1) is 0 Å². The molecule has 3 N–H and O–H groups in total. The van der Waals surface area contributed by atoms with E-state index in [0.717, 1.165) is 11.1 Å². The summed E-state index contributed by atoms with van der Waals surface area (Å²) in [6.07, 6.45) is 1.17. The van der Waals surface area contributed by atoms with Crippen molar-refractivity contribution >= 4 is 11.7 Å². The molecule has 5 heteroatoms. The van der Waals surface area contributed by atoms with Gasteiger partial charge >= 0.3 is 6.03 Å². The first-order valence-corrected chi connectivity index (χ1v) is 9.00. The maximum absolute atomic E-state index is 12.2. The number of anilines is 1. The lowest BCUT2D eigenvalue weighted by molar-refractivity contribution is 0.0354. The number of carbonyl (C=O) groups is 1. The SMILES string of the molecule is CCC(O)(CC)CNC(=O)Nc1ccc(C)cc1OCc1ccccc1. The van der Waals surface area contributed by atoms with Gasteiger partial charge in [0.2, 0.25) is 0 Å². The number of aryl methyl sites for hydroxylation is 1. The first kappa shape index (κ1) is 19.8. The Balaban J connectivity index is 2.01. The van der Waals surface area contributed by atoms with Crippen molar-refractivity contribution in [2.75, 3.05) is 11.9 Å². The van der Waals surface area contributed by atoms with Gasteiger partial charge in [0.1, 0.15) is 12.4 Å². The number of benzene rings is 2. The molecule has 0 heterocycles. The van der Waals surface area contributed by atoms with Crippen LogP contribution < -0.4 is 15.4 Å². The van der Waals surface area contributed by atoms with Crippen LogP contribution in [0, 0.1) is 6.92 Å². The summed E-state index contributed by atoms with van der Waals surface area (Å²) >= 11 is 0. The van der Waals surface area contributed by atoms with Gasteiger partial charge in [0.05, 0.1) is 11.3 Å². The quantitative estimate of drug-likeness (QED) is 0.662. The molecule has 0 bridgehead atoms. The highest BCUT2D eigenvalue weighted by atomic mass is 16.5. The van der Waals surface area contributed by atoms with Gasteiger partial charge in [-0.2, -0.15) is 0 Å². The molecular weight excluding hydrogens is 328 g/mol. The predicted molar refractivity (Wildman–Crippen MR) is 105 cm³/mol. The van der Waals surface area contributed by atoms with Crippen LogP contribution in [0.2, 0.25) is 0 Å². The van der Waals surface area contributed by atoms with E-state index in [0.29, 0.717) is 30.9 Å². The summed E-state index contributed by atoms with van der Waals surface area (Å²) in [5.74, 6) is 0.616. The number of carbonyl (C=O) groups excluding carboxylic acids is 1. The van der Waals surface area contributed by atoms with Gasteiger partial charge in [-0.25, -0.2) is 4.79 Å². The molecule has 0 aromatic heterocycles. The fraction of sp³-hybridized carbons (Fsp3) is 0.381. The third-order valence-corrected chi connectivity index (χ3v) is 4.52. The van der Waals surface area contributed by atoms with Gasteiger partial charge in [-0.05, 0) is 43.0 Å².